The van der Waals surface area contributed by atoms with Gasteiger partial charge in [0.05, 0.1) is 18.1 Å². The van der Waals surface area contributed by atoms with Crippen LogP contribution in [0.2, 0.25) is 0 Å². The number of esters is 1. The van der Waals surface area contributed by atoms with E-state index in [-0.39, 0.29) is 39.3 Å². The Bertz CT molecular complexity index is 756. The predicted molar refractivity (Wildman–Crippen MR) is 100 cm³/mol. The first-order chi connectivity index (χ1) is 13.9. The summed E-state index contributed by atoms with van der Waals surface area (Å²) in [7, 11) is 0. The Morgan fingerprint density at radius 3 is 2.52 bits per heavy atom. The van der Waals surface area contributed by atoms with E-state index in [4.69, 9.17) is 19.0 Å². The Balaban J connectivity index is 1.79. The summed E-state index contributed by atoms with van der Waals surface area (Å²) < 4.78 is 15.2. The van der Waals surface area contributed by atoms with Crippen LogP contribution in [0.4, 0.5) is 0 Å². The van der Waals surface area contributed by atoms with Crippen molar-refractivity contribution >= 4 is 17.8 Å². The molecule has 1 amide bonds. The van der Waals surface area contributed by atoms with Gasteiger partial charge in [-0.1, -0.05) is 12.1 Å². The van der Waals surface area contributed by atoms with Crippen LogP contribution < -0.4 is 5.48 Å². The number of carbonyl (C=O) groups excluding carboxylic acids is 2. The molecule has 2 rings (SSSR count). The SMILES string of the molecule is CCOC(=O)c1ccc(CC(CCC(=O)NOCC2=C(C)OCO2)C(=O)O)cc1. The van der Waals surface area contributed by atoms with Crippen LogP contribution in [-0.2, 0) is 35.1 Å². The molecule has 0 spiro atoms. The van der Waals surface area contributed by atoms with E-state index >= 15 is 0 Å². The molecule has 0 radical (unpaired) electrons. The molecule has 9 heteroatoms. The van der Waals surface area contributed by atoms with E-state index in [1.165, 1.54) is 0 Å². The maximum atomic E-state index is 11.9. The maximum Gasteiger partial charge on any atom is 0.338 e. The summed E-state index contributed by atoms with van der Waals surface area (Å²) in [5, 5.41) is 9.44. The van der Waals surface area contributed by atoms with Crippen LogP contribution in [0.5, 0.6) is 0 Å². The number of ether oxygens (including phenoxy) is 3. The fourth-order valence-electron chi connectivity index (χ4n) is 2.64. The Morgan fingerprint density at radius 2 is 1.93 bits per heavy atom. The fourth-order valence-corrected chi connectivity index (χ4v) is 2.64. The van der Waals surface area contributed by atoms with Gasteiger partial charge in [-0.3, -0.25) is 14.4 Å². The molecule has 29 heavy (non-hydrogen) atoms. The molecule has 1 aromatic carbocycles. The van der Waals surface area contributed by atoms with Gasteiger partial charge in [-0.05, 0) is 44.4 Å². The molecule has 0 saturated heterocycles. The van der Waals surface area contributed by atoms with E-state index in [2.05, 4.69) is 5.48 Å². The molecule has 1 aromatic rings. The molecule has 0 fully saturated rings. The van der Waals surface area contributed by atoms with E-state index in [1.54, 1.807) is 38.1 Å². The number of rotatable bonds is 11. The number of amides is 1. The van der Waals surface area contributed by atoms with Crippen molar-refractivity contribution in [1.29, 1.82) is 0 Å². The Labute approximate surface area is 168 Å². The molecule has 0 aliphatic carbocycles. The minimum absolute atomic E-state index is 0.00668. The second-order valence-corrected chi connectivity index (χ2v) is 6.40. The van der Waals surface area contributed by atoms with Crippen LogP contribution in [0.15, 0.2) is 35.8 Å². The number of carboxylic acid groups (broad SMARTS) is 1. The average Bonchev–Trinajstić information content (AvgIpc) is 3.10. The van der Waals surface area contributed by atoms with Crippen LogP contribution in [0.1, 0.15) is 42.6 Å². The zero-order valence-corrected chi connectivity index (χ0v) is 16.4. The lowest BCUT2D eigenvalue weighted by Crippen LogP contribution is -2.26. The molecular formula is C20H25NO8. The Hall–Kier alpha value is -3.07. The number of hydroxylamine groups is 1. The van der Waals surface area contributed by atoms with Crippen molar-refractivity contribution in [3.05, 3.63) is 46.9 Å². The second kappa shape index (κ2) is 11.1. The van der Waals surface area contributed by atoms with E-state index in [9.17, 15) is 19.5 Å². The monoisotopic (exact) mass is 407 g/mol. The molecule has 1 unspecified atom stereocenters. The number of hydrogen-bond donors (Lipinski definition) is 2. The first-order valence-corrected chi connectivity index (χ1v) is 9.25. The van der Waals surface area contributed by atoms with Gasteiger partial charge >= 0.3 is 11.9 Å². The van der Waals surface area contributed by atoms with Gasteiger partial charge < -0.3 is 19.3 Å². The van der Waals surface area contributed by atoms with E-state index in [1.807, 2.05) is 0 Å². The summed E-state index contributed by atoms with van der Waals surface area (Å²) in [5.74, 6) is -1.49. The second-order valence-electron chi connectivity index (χ2n) is 6.40. The standard InChI is InChI=1S/C20H25NO8/c1-3-26-20(25)15-6-4-14(5-7-15)10-16(19(23)24)8-9-18(22)21-29-11-17-13(2)27-12-28-17/h4-7,16H,3,8-12H2,1-2H3,(H,21,22)(H,23,24). The van der Waals surface area contributed by atoms with Crippen molar-refractivity contribution in [2.45, 2.75) is 33.1 Å². The third-order valence-corrected chi connectivity index (χ3v) is 4.31. The van der Waals surface area contributed by atoms with Crippen LogP contribution in [0.25, 0.3) is 0 Å². The minimum atomic E-state index is -0.995. The van der Waals surface area contributed by atoms with Gasteiger partial charge in [0.1, 0.15) is 12.4 Å². The highest BCUT2D eigenvalue weighted by atomic mass is 16.7. The number of carbonyl (C=O) groups is 3. The van der Waals surface area contributed by atoms with Crippen molar-refractivity contribution in [3.8, 4) is 0 Å². The first kappa shape index (κ1) is 22.2. The predicted octanol–water partition coefficient (Wildman–Crippen LogP) is 2.17. The Morgan fingerprint density at radius 1 is 1.21 bits per heavy atom. The van der Waals surface area contributed by atoms with E-state index < -0.39 is 23.8 Å². The van der Waals surface area contributed by atoms with Gasteiger partial charge in [0.15, 0.2) is 5.76 Å². The average molecular weight is 407 g/mol. The van der Waals surface area contributed by atoms with Crippen LogP contribution in [0, 0.1) is 5.92 Å². The quantitative estimate of drug-likeness (QED) is 0.423. The number of carboxylic acids is 1. The molecule has 1 aliphatic rings. The molecule has 0 saturated carbocycles. The number of hydrogen-bond acceptors (Lipinski definition) is 7. The van der Waals surface area contributed by atoms with E-state index in [0.717, 1.165) is 5.56 Å². The van der Waals surface area contributed by atoms with E-state index in [0.29, 0.717) is 17.1 Å². The van der Waals surface area contributed by atoms with Crippen LogP contribution >= 0.6 is 0 Å². The largest absolute Gasteiger partial charge is 0.481 e. The van der Waals surface area contributed by atoms with Crippen molar-refractivity contribution in [2.24, 2.45) is 5.92 Å². The van der Waals surface area contributed by atoms with Gasteiger partial charge in [0, 0.05) is 6.42 Å². The zero-order chi connectivity index (χ0) is 21.2. The lowest BCUT2D eigenvalue weighted by molar-refractivity contribution is -0.142. The summed E-state index contributed by atoms with van der Waals surface area (Å²) in [6.45, 7) is 3.89. The summed E-state index contributed by atoms with van der Waals surface area (Å²) in [6, 6.07) is 6.56. The lowest BCUT2D eigenvalue weighted by atomic mass is 9.94. The molecule has 1 aliphatic heterocycles. The van der Waals surface area contributed by atoms with Crippen molar-refractivity contribution in [2.75, 3.05) is 20.0 Å². The molecule has 1 atom stereocenters. The highest BCUT2D eigenvalue weighted by Gasteiger charge is 2.20. The Kier molecular flexibility index (Phi) is 8.47. The summed E-state index contributed by atoms with van der Waals surface area (Å²) in [6.07, 6.45) is 0.378. The molecule has 2 N–H and O–H groups in total. The minimum Gasteiger partial charge on any atom is -0.481 e. The van der Waals surface area contributed by atoms with Gasteiger partial charge in [0.25, 0.3) is 0 Å². The van der Waals surface area contributed by atoms with Gasteiger partial charge in [-0.2, -0.15) is 0 Å². The van der Waals surface area contributed by atoms with Crippen molar-refractivity contribution in [3.63, 3.8) is 0 Å². The highest BCUT2D eigenvalue weighted by molar-refractivity contribution is 5.89. The molecular weight excluding hydrogens is 382 g/mol. The van der Waals surface area contributed by atoms with Crippen molar-refractivity contribution in [1.82, 2.24) is 5.48 Å². The molecule has 1 heterocycles. The zero-order valence-electron chi connectivity index (χ0n) is 16.4. The first-order valence-electron chi connectivity index (χ1n) is 9.25. The third kappa shape index (κ3) is 7.11. The maximum absolute atomic E-state index is 11.9. The number of nitrogens with one attached hydrogen (secondary N) is 1. The summed E-state index contributed by atoms with van der Waals surface area (Å²) in [5.41, 5.74) is 3.42. The van der Waals surface area contributed by atoms with Crippen molar-refractivity contribution < 1.29 is 38.5 Å². The summed E-state index contributed by atoms with van der Waals surface area (Å²) in [4.78, 5) is 40.1. The molecule has 0 aromatic heterocycles. The smallest absolute Gasteiger partial charge is 0.338 e. The van der Waals surface area contributed by atoms with Crippen LogP contribution in [-0.4, -0.2) is 43.0 Å². The number of allylic oxidation sites excluding steroid dienone is 1. The third-order valence-electron chi connectivity index (χ3n) is 4.31. The topological polar surface area (TPSA) is 120 Å². The number of aliphatic carboxylic acids is 1. The van der Waals surface area contributed by atoms with Gasteiger partial charge in [-0.15, -0.1) is 0 Å². The van der Waals surface area contributed by atoms with Crippen LogP contribution in [0.3, 0.4) is 0 Å². The normalized spacial score (nSPS) is 14.0. The summed E-state index contributed by atoms with van der Waals surface area (Å²) >= 11 is 0. The van der Waals surface area contributed by atoms with Gasteiger partial charge in [0.2, 0.25) is 12.7 Å². The van der Waals surface area contributed by atoms with Gasteiger partial charge in [-0.25, -0.2) is 10.3 Å². The number of benzene rings is 1. The molecule has 0 bridgehead atoms. The lowest BCUT2D eigenvalue weighted by Gasteiger charge is -2.13. The highest BCUT2D eigenvalue weighted by Crippen LogP contribution is 2.17. The molecule has 158 valence electrons. The fraction of sp³-hybridized carbons (Fsp3) is 0.450. The molecule has 9 nitrogen and oxygen atoms in total.